The standard InChI is InChI=1S/C22H33N5O2S.HI/c1-22(2,3)19-14-30-20(26-19)12-24-21(23-4)25-15-7-8-27(13-15)16-9-17(28-5)11-18(10-16)29-6;/h9-11,14-15H,7-8,12-13H2,1-6H3,(H2,23,24,25);1H. The lowest BCUT2D eigenvalue weighted by molar-refractivity contribution is 0.394. The number of nitrogens with zero attached hydrogens (tertiary/aromatic N) is 3. The van der Waals surface area contributed by atoms with Gasteiger partial charge in [0.15, 0.2) is 5.96 Å². The zero-order chi connectivity index (χ0) is 21.7. The minimum absolute atomic E-state index is 0. The molecule has 1 atom stereocenters. The molecule has 172 valence electrons. The number of rotatable bonds is 6. The molecule has 2 aromatic rings. The Kier molecular flexibility index (Phi) is 9.23. The van der Waals surface area contributed by atoms with Crippen LogP contribution in [0.3, 0.4) is 0 Å². The summed E-state index contributed by atoms with van der Waals surface area (Å²) >= 11 is 1.69. The molecule has 0 aliphatic carbocycles. The van der Waals surface area contributed by atoms with E-state index in [9.17, 15) is 0 Å². The van der Waals surface area contributed by atoms with Gasteiger partial charge in [-0.15, -0.1) is 35.3 Å². The second-order valence-corrected chi connectivity index (χ2v) is 9.39. The number of ether oxygens (including phenoxy) is 2. The van der Waals surface area contributed by atoms with Gasteiger partial charge in [0.1, 0.15) is 16.5 Å². The first-order valence-corrected chi connectivity index (χ1v) is 11.1. The number of hydrogen-bond donors (Lipinski definition) is 2. The van der Waals surface area contributed by atoms with E-state index >= 15 is 0 Å². The number of thiazole rings is 1. The number of benzene rings is 1. The van der Waals surface area contributed by atoms with Gasteiger partial charge in [0.2, 0.25) is 0 Å². The van der Waals surface area contributed by atoms with Gasteiger partial charge >= 0.3 is 0 Å². The molecule has 1 aliphatic rings. The summed E-state index contributed by atoms with van der Waals surface area (Å²) in [5.41, 5.74) is 2.31. The average Bonchev–Trinajstić information content (AvgIpc) is 3.40. The Morgan fingerprint density at radius 2 is 1.90 bits per heavy atom. The number of nitrogens with one attached hydrogen (secondary N) is 2. The van der Waals surface area contributed by atoms with Gasteiger partial charge in [0.05, 0.1) is 26.5 Å². The minimum Gasteiger partial charge on any atom is -0.497 e. The van der Waals surface area contributed by atoms with Crippen molar-refractivity contribution in [3.8, 4) is 11.5 Å². The van der Waals surface area contributed by atoms with Gasteiger partial charge in [-0.05, 0) is 6.42 Å². The zero-order valence-corrected chi connectivity index (χ0v) is 22.3. The summed E-state index contributed by atoms with van der Waals surface area (Å²) in [5.74, 6) is 2.41. The number of halogens is 1. The maximum Gasteiger partial charge on any atom is 0.191 e. The Morgan fingerprint density at radius 1 is 1.23 bits per heavy atom. The smallest absolute Gasteiger partial charge is 0.191 e. The molecule has 9 heteroatoms. The van der Waals surface area contributed by atoms with Crippen molar-refractivity contribution in [3.63, 3.8) is 0 Å². The van der Waals surface area contributed by atoms with Crippen molar-refractivity contribution in [2.45, 2.75) is 45.2 Å². The fraction of sp³-hybridized carbons (Fsp3) is 0.545. The average molecular weight is 560 g/mol. The van der Waals surface area contributed by atoms with Crippen molar-refractivity contribution >= 4 is 47.0 Å². The molecular formula is C22H34IN5O2S. The first kappa shape index (κ1) is 25.5. The summed E-state index contributed by atoms with van der Waals surface area (Å²) in [6.45, 7) is 9.08. The molecule has 0 spiro atoms. The molecule has 2 heterocycles. The van der Waals surface area contributed by atoms with Gasteiger partial charge in [-0.1, -0.05) is 20.8 Å². The molecule has 0 amide bonds. The lowest BCUT2D eigenvalue weighted by Crippen LogP contribution is -2.44. The van der Waals surface area contributed by atoms with E-state index in [4.69, 9.17) is 14.5 Å². The molecule has 31 heavy (non-hydrogen) atoms. The van der Waals surface area contributed by atoms with E-state index < -0.39 is 0 Å². The van der Waals surface area contributed by atoms with Gasteiger partial charge in [0, 0.05) is 60.9 Å². The highest BCUT2D eigenvalue weighted by Crippen LogP contribution is 2.30. The highest BCUT2D eigenvalue weighted by molar-refractivity contribution is 14.0. The highest BCUT2D eigenvalue weighted by atomic mass is 127. The third kappa shape index (κ3) is 6.86. The molecule has 1 aromatic heterocycles. The first-order chi connectivity index (χ1) is 14.3. The van der Waals surface area contributed by atoms with Crippen LogP contribution in [0.5, 0.6) is 11.5 Å². The van der Waals surface area contributed by atoms with Crippen LogP contribution < -0.4 is 25.0 Å². The van der Waals surface area contributed by atoms with Gasteiger partial charge in [0.25, 0.3) is 0 Å². The molecule has 2 N–H and O–H groups in total. The fourth-order valence-electron chi connectivity index (χ4n) is 3.37. The summed E-state index contributed by atoms with van der Waals surface area (Å²) in [4.78, 5) is 11.5. The predicted octanol–water partition coefficient (Wildman–Crippen LogP) is 4.02. The second kappa shape index (κ2) is 11.2. The van der Waals surface area contributed by atoms with Gasteiger partial charge < -0.3 is 25.0 Å². The third-order valence-electron chi connectivity index (χ3n) is 5.18. The van der Waals surface area contributed by atoms with E-state index in [1.165, 1.54) is 0 Å². The molecule has 1 fully saturated rings. The lowest BCUT2D eigenvalue weighted by Gasteiger charge is -2.21. The number of aromatic nitrogens is 1. The summed E-state index contributed by atoms with van der Waals surface area (Å²) in [6, 6.07) is 6.31. The molecule has 0 bridgehead atoms. The topological polar surface area (TPSA) is 71.0 Å². The SMILES string of the molecule is CN=C(NCc1nc(C(C)(C)C)cs1)NC1CCN(c2cc(OC)cc(OC)c2)C1.I. The Morgan fingerprint density at radius 3 is 2.45 bits per heavy atom. The Labute approximate surface area is 206 Å². The van der Waals surface area contributed by atoms with Crippen LogP contribution in [-0.2, 0) is 12.0 Å². The predicted molar refractivity (Wildman–Crippen MR) is 140 cm³/mol. The lowest BCUT2D eigenvalue weighted by atomic mass is 9.93. The molecule has 0 radical (unpaired) electrons. The Bertz CT molecular complexity index is 859. The molecule has 7 nitrogen and oxygen atoms in total. The number of aliphatic imine (C=N–C) groups is 1. The summed E-state index contributed by atoms with van der Waals surface area (Å²) in [5, 5.41) is 10.2. The van der Waals surface area contributed by atoms with E-state index in [0.717, 1.165) is 53.4 Å². The zero-order valence-electron chi connectivity index (χ0n) is 19.2. The molecule has 1 aliphatic heterocycles. The van der Waals surface area contributed by atoms with E-state index in [2.05, 4.69) is 46.7 Å². The van der Waals surface area contributed by atoms with Gasteiger partial charge in [-0.2, -0.15) is 0 Å². The van der Waals surface area contributed by atoms with E-state index in [1.54, 1.807) is 32.6 Å². The first-order valence-electron chi connectivity index (χ1n) is 10.2. The molecule has 1 saturated heterocycles. The fourth-order valence-corrected chi connectivity index (χ4v) is 4.33. The number of anilines is 1. The van der Waals surface area contributed by atoms with Gasteiger partial charge in [-0.25, -0.2) is 4.98 Å². The second-order valence-electron chi connectivity index (χ2n) is 8.45. The van der Waals surface area contributed by atoms with Crippen LogP contribution in [0.1, 0.15) is 37.9 Å². The summed E-state index contributed by atoms with van der Waals surface area (Å²) in [7, 11) is 5.16. The summed E-state index contributed by atoms with van der Waals surface area (Å²) < 4.78 is 10.8. The van der Waals surface area contributed by atoms with Crippen molar-refractivity contribution in [1.29, 1.82) is 0 Å². The minimum atomic E-state index is 0. The molecule has 1 unspecified atom stereocenters. The quantitative estimate of drug-likeness (QED) is 0.317. The van der Waals surface area contributed by atoms with Crippen LogP contribution in [0.4, 0.5) is 5.69 Å². The van der Waals surface area contributed by atoms with Crippen molar-refractivity contribution < 1.29 is 9.47 Å². The number of guanidine groups is 1. The highest BCUT2D eigenvalue weighted by Gasteiger charge is 2.24. The van der Waals surface area contributed by atoms with Crippen molar-refractivity contribution in [3.05, 3.63) is 34.3 Å². The van der Waals surface area contributed by atoms with Crippen LogP contribution in [0.2, 0.25) is 0 Å². The van der Waals surface area contributed by atoms with E-state index in [1.807, 2.05) is 18.2 Å². The van der Waals surface area contributed by atoms with Crippen LogP contribution in [0.15, 0.2) is 28.6 Å². The van der Waals surface area contributed by atoms with Crippen molar-refractivity contribution in [1.82, 2.24) is 15.6 Å². The normalized spacial score (nSPS) is 16.6. The van der Waals surface area contributed by atoms with Crippen LogP contribution in [-0.4, -0.2) is 51.3 Å². The monoisotopic (exact) mass is 559 g/mol. The van der Waals surface area contributed by atoms with Crippen LogP contribution >= 0.6 is 35.3 Å². The van der Waals surface area contributed by atoms with E-state index in [-0.39, 0.29) is 29.4 Å². The maximum absolute atomic E-state index is 5.41. The molecule has 3 rings (SSSR count). The largest absolute Gasteiger partial charge is 0.497 e. The Balaban J connectivity index is 0.00000341. The van der Waals surface area contributed by atoms with Crippen LogP contribution in [0.25, 0.3) is 0 Å². The number of methoxy groups -OCH3 is 2. The van der Waals surface area contributed by atoms with E-state index in [0.29, 0.717) is 12.6 Å². The summed E-state index contributed by atoms with van der Waals surface area (Å²) in [6.07, 6.45) is 1.03. The maximum atomic E-state index is 5.41. The molecule has 1 aromatic carbocycles. The van der Waals surface area contributed by atoms with Crippen molar-refractivity contribution in [2.75, 3.05) is 39.3 Å². The molecule has 0 saturated carbocycles. The third-order valence-corrected chi connectivity index (χ3v) is 6.03. The van der Waals surface area contributed by atoms with Crippen molar-refractivity contribution in [2.24, 2.45) is 4.99 Å². The van der Waals surface area contributed by atoms with Crippen LogP contribution in [0, 0.1) is 0 Å². The Hall–Kier alpha value is -1.75. The molecular weight excluding hydrogens is 525 g/mol. The van der Waals surface area contributed by atoms with Gasteiger partial charge in [-0.3, -0.25) is 4.99 Å². The number of hydrogen-bond acceptors (Lipinski definition) is 6.